The molecule has 1 heterocycles. The van der Waals surface area contributed by atoms with E-state index in [2.05, 4.69) is 5.32 Å². The summed E-state index contributed by atoms with van der Waals surface area (Å²) >= 11 is 0. The maximum absolute atomic E-state index is 13.2. The smallest absolute Gasteiger partial charge is 0.318 e. The van der Waals surface area contributed by atoms with E-state index in [1.54, 1.807) is 16.9 Å². The molecule has 0 aliphatic rings. The summed E-state index contributed by atoms with van der Waals surface area (Å²) in [5.74, 6) is -0.116. The molecule has 0 saturated heterocycles. The molecule has 176 valence electrons. The van der Waals surface area contributed by atoms with Crippen molar-refractivity contribution < 1.29 is 19.1 Å². The monoisotopic (exact) mass is 444 g/mol. The summed E-state index contributed by atoms with van der Waals surface area (Å²) in [7, 11) is 3.56. The number of aryl methyl sites for hydroxylation is 1. The first kappa shape index (κ1) is 25.4. The first-order valence-electron chi connectivity index (χ1n) is 11.1. The number of hydrogen-bond donors (Lipinski definition) is 1. The largest absolute Gasteiger partial charge is 0.383 e. The second-order valence-corrected chi connectivity index (χ2v) is 7.53. The Hall–Kier alpha value is -2.84. The Morgan fingerprint density at radius 3 is 2.47 bits per heavy atom. The van der Waals surface area contributed by atoms with Gasteiger partial charge in [0.2, 0.25) is 5.91 Å². The Kier molecular flexibility index (Phi) is 11.3. The minimum Gasteiger partial charge on any atom is -0.383 e. The van der Waals surface area contributed by atoms with Crippen molar-refractivity contribution in [3.05, 3.63) is 59.9 Å². The van der Waals surface area contributed by atoms with Gasteiger partial charge in [-0.25, -0.2) is 4.79 Å². The van der Waals surface area contributed by atoms with Crippen LogP contribution in [0.3, 0.4) is 0 Å². The van der Waals surface area contributed by atoms with Gasteiger partial charge in [0.15, 0.2) is 0 Å². The van der Waals surface area contributed by atoms with Gasteiger partial charge in [0.25, 0.3) is 0 Å². The zero-order valence-corrected chi connectivity index (χ0v) is 19.5. The molecular formula is C24H36N4O4. The molecule has 0 radical (unpaired) electrons. The lowest BCUT2D eigenvalue weighted by molar-refractivity contribution is -0.133. The predicted octanol–water partition coefficient (Wildman–Crippen LogP) is 2.64. The van der Waals surface area contributed by atoms with Gasteiger partial charge in [-0.05, 0) is 31.0 Å². The Bertz CT molecular complexity index is 809. The summed E-state index contributed by atoms with van der Waals surface area (Å²) in [4.78, 5) is 29.4. The van der Waals surface area contributed by atoms with E-state index < -0.39 is 0 Å². The van der Waals surface area contributed by atoms with E-state index in [9.17, 15) is 9.59 Å². The van der Waals surface area contributed by atoms with Gasteiger partial charge >= 0.3 is 6.03 Å². The van der Waals surface area contributed by atoms with Crippen LogP contribution in [0, 0.1) is 0 Å². The highest BCUT2D eigenvalue weighted by Gasteiger charge is 2.22. The van der Waals surface area contributed by atoms with Gasteiger partial charge in [-0.15, -0.1) is 0 Å². The molecule has 8 heteroatoms. The van der Waals surface area contributed by atoms with E-state index in [4.69, 9.17) is 9.47 Å². The number of amides is 3. The molecule has 0 fully saturated rings. The summed E-state index contributed by atoms with van der Waals surface area (Å²) < 4.78 is 12.6. The third kappa shape index (κ3) is 8.72. The fraction of sp³-hybridized carbons (Fsp3) is 0.500. The average Bonchev–Trinajstić information content (AvgIpc) is 3.21. The zero-order valence-electron chi connectivity index (χ0n) is 19.5. The summed E-state index contributed by atoms with van der Waals surface area (Å²) in [6, 6.07) is 13.4. The van der Waals surface area contributed by atoms with Crippen LogP contribution in [-0.4, -0.2) is 72.9 Å². The molecular weight excluding hydrogens is 408 g/mol. The highest BCUT2D eigenvalue weighted by Crippen LogP contribution is 2.07. The number of ether oxygens (including phenoxy) is 2. The number of carbonyl (C=O) groups excluding carboxylic acids is 2. The number of urea groups is 1. The molecule has 0 atom stereocenters. The summed E-state index contributed by atoms with van der Waals surface area (Å²) in [5, 5.41) is 2.93. The predicted molar refractivity (Wildman–Crippen MR) is 124 cm³/mol. The molecule has 1 aromatic heterocycles. The molecule has 0 bridgehead atoms. The first-order valence-corrected chi connectivity index (χ1v) is 11.1. The molecule has 8 nitrogen and oxygen atoms in total. The number of methoxy groups -OCH3 is 1. The minimum atomic E-state index is -0.260. The molecule has 3 amide bonds. The maximum atomic E-state index is 13.2. The van der Waals surface area contributed by atoms with E-state index in [0.29, 0.717) is 52.4 Å². The van der Waals surface area contributed by atoms with E-state index in [1.165, 1.54) is 0 Å². The number of nitrogens with one attached hydrogen (secondary N) is 1. The Labute approximate surface area is 191 Å². The van der Waals surface area contributed by atoms with Gasteiger partial charge in [0.05, 0.1) is 13.2 Å². The van der Waals surface area contributed by atoms with Crippen molar-refractivity contribution in [2.45, 2.75) is 26.4 Å². The Morgan fingerprint density at radius 1 is 1.03 bits per heavy atom. The Morgan fingerprint density at radius 2 is 1.81 bits per heavy atom. The number of nitrogens with zero attached hydrogens (tertiary/aromatic N) is 3. The highest BCUT2D eigenvalue weighted by atomic mass is 16.5. The fourth-order valence-electron chi connectivity index (χ4n) is 3.25. The molecule has 0 spiro atoms. The van der Waals surface area contributed by atoms with E-state index in [-0.39, 0.29) is 18.5 Å². The van der Waals surface area contributed by atoms with Crippen molar-refractivity contribution in [1.29, 1.82) is 0 Å². The number of hydrogen-bond acceptors (Lipinski definition) is 4. The van der Waals surface area contributed by atoms with E-state index in [1.807, 2.05) is 67.2 Å². The SMILES string of the molecule is CCOCCCN(CC(=O)N(CCOC)Cc1cccn1C)C(=O)NCc1ccccc1. The lowest BCUT2D eigenvalue weighted by atomic mass is 10.2. The number of aromatic nitrogens is 1. The van der Waals surface area contributed by atoms with Gasteiger partial charge in [0, 0.05) is 58.9 Å². The van der Waals surface area contributed by atoms with Crippen molar-refractivity contribution in [2.75, 3.05) is 46.6 Å². The van der Waals surface area contributed by atoms with Crippen LogP contribution in [0.2, 0.25) is 0 Å². The number of benzene rings is 1. The topological polar surface area (TPSA) is 76.0 Å². The van der Waals surface area contributed by atoms with Crippen LogP contribution in [0.1, 0.15) is 24.6 Å². The van der Waals surface area contributed by atoms with Crippen molar-refractivity contribution >= 4 is 11.9 Å². The second kappa shape index (κ2) is 14.3. The van der Waals surface area contributed by atoms with Gasteiger partial charge in [0.1, 0.15) is 6.54 Å². The van der Waals surface area contributed by atoms with Crippen LogP contribution >= 0.6 is 0 Å². The van der Waals surface area contributed by atoms with Gasteiger partial charge in [-0.1, -0.05) is 30.3 Å². The summed E-state index contributed by atoms with van der Waals surface area (Å²) in [6.45, 7) is 5.31. The fourth-order valence-corrected chi connectivity index (χ4v) is 3.25. The molecule has 1 N–H and O–H groups in total. The third-order valence-corrected chi connectivity index (χ3v) is 5.14. The lowest BCUT2D eigenvalue weighted by Crippen LogP contribution is -2.47. The van der Waals surface area contributed by atoms with Crippen LogP contribution in [0.5, 0.6) is 0 Å². The van der Waals surface area contributed by atoms with Crippen molar-refractivity contribution in [3.63, 3.8) is 0 Å². The molecule has 1 aromatic carbocycles. The molecule has 2 aromatic rings. The van der Waals surface area contributed by atoms with Gasteiger partial charge < -0.3 is 29.2 Å². The van der Waals surface area contributed by atoms with Crippen LogP contribution in [0.4, 0.5) is 4.79 Å². The Balaban J connectivity index is 2.03. The van der Waals surface area contributed by atoms with Crippen LogP contribution in [-0.2, 0) is 34.4 Å². The van der Waals surface area contributed by atoms with Crippen molar-refractivity contribution in [2.24, 2.45) is 7.05 Å². The summed E-state index contributed by atoms with van der Waals surface area (Å²) in [5.41, 5.74) is 2.03. The molecule has 0 aliphatic carbocycles. The molecule has 2 rings (SSSR count). The minimum absolute atomic E-state index is 0.000878. The number of carbonyl (C=O) groups is 2. The van der Waals surface area contributed by atoms with Crippen LogP contribution in [0.15, 0.2) is 48.7 Å². The molecule has 32 heavy (non-hydrogen) atoms. The molecule has 0 unspecified atom stereocenters. The van der Waals surface area contributed by atoms with Crippen LogP contribution < -0.4 is 5.32 Å². The first-order chi connectivity index (χ1) is 15.5. The number of rotatable bonds is 14. The van der Waals surface area contributed by atoms with Gasteiger partial charge in [-0.2, -0.15) is 0 Å². The van der Waals surface area contributed by atoms with Crippen molar-refractivity contribution in [3.8, 4) is 0 Å². The normalized spacial score (nSPS) is 10.7. The second-order valence-electron chi connectivity index (χ2n) is 7.53. The summed E-state index contributed by atoms with van der Waals surface area (Å²) in [6.07, 6.45) is 2.61. The molecule has 0 aliphatic heterocycles. The van der Waals surface area contributed by atoms with Gasteiger partial charge in [-0.3, -0.25) is 4.79 Å². The quantitative estimate of drug-likeness (QED) is 0.455. The zero-order chi connectivity index (χ0) is 23.2. The van der Waals surface area contributed by atoms with Crippen LogP contribution in [0.25, 0.3) is 0 Å². The highest BCUT2D eigenvalue weighted by molar-refractivity contribution is 5.84. The maximum Gasteiger partial charge on any atom is 0.318 e. The standard InChI is InChI=1S/C24H36N4O4/c1-4-32-16-9-14-28(24(30)25-18-21-10-6-5-7-11-21)20-23(29)27(15-17-31-3)19-22-12-8-13-26(22)2/h5-8,10-13H,4,9,14-20H2,1-3H3,(H,25,30). The lowest BCUT2D eigenvalue weighted by Gasteiger charge is -2.28. The third-order valence-electron chi connectivity index (χ3n) is 5.14. The molecule has 0 saturated carbocycles. The average molecular weight is 445 g/mol. The van der Waals surface area contributed by atoms with E-state index in [0.717, 1.165) is 11.3 Å². The van der Waals surface area contributed by atoms with Crippen molar-refractivity contribution in [1.82, 2.24) is 19.7 Å². The van der Waals surface area contributed by atoms with E-state index >= 15 is 0 Å².